The molecule has 1 aromatic carbocycles. The van der Waals surface area contributed by atoms with Crippen LogP contribution in [-0.4, -0.2) is 28.2 Å². The Morgan fingerprint density at radius 3 is 2.77 bits per heavy atom. The maximum atomic E-state index is 12.6. The summed E-state index contributed by atoms with van der Waals surface area (Å²) in [7, 11) is 0. The van der Waals surface area contributed by atoms with Crippen LogP contribution in [0.1, 0.15) is 12.5 Å². The molecule has 0 radical (unpaired) electrons. The summed E-state index contributed by atoms with van der Waals surface area (Å²) in [5.74, 6) is -0.0348. The summed E-state index contributed by atoms with van der Waals surface area (Å²) < 4.78 is 0.593. The number of amides is 1. The van der Waals surface area contributed by atoms with Crippen LogP contribution in [0.3, 0.4) is 0 Å². The molecule has 3 nitrogen and oxygen atoms in total. The number of hydrogen-bond acceptors (Lipinski definition) is 4. The summed E-state index contributed by atoms with van der Waals surface area (Å²) in [5.41, 5.74) is 3.20. The van der Waals surface area contributed by atoms with Crippen LogP contribution in [0.15, 0.2) is 53.6 Å². The topological polar surface area (TPSA) is 23.6 Å². The van der Waals surface area contributed by atoms with Gasteiger partial charge >= 0.3 is 0 Å². The van der Waals surface area contributed by atoms with Crippen molar-refractivity contribution in [2.24, 2.45) is 0 Å². The van der Waals surface area contributed by atoms with Crippen molar-refractivity contribution in [2.45, 2.75) is 6.92 Å². The molecule has 2 aliphatic heterocycles. The van der Waals surface area contributed by atoms with Gasteiger partial charge in [0.25, 0.3) is 5.91 Å². The van der Waals surface area contributed by atoms with Crippen LogP contribution in [0.2, 0.25) is 0 Å². The van der Waals surface area contributed by atoms with Gasteiger partial charge in [-0.25, -0.2) is 0 Å². The van der Waals surface area contributed by atoms with E-state index < -0.39 is 0 Å². The van der Waals surface area contributed by atoms with Crippen LogP contribution in [0.25, 0.3) is 6.08 Å². The Hall–Kier alpha value is -1.85. The van der Waals surface area contributed by atoms with Crippen molar-refractivity contribution in [3.63, 3.8) is 0 Å². The second-order valence-corrected chi connectivity index (χ2v) is 6.57. The number of allylic oxidation sites excluding steroid dienone is 1. The summed E-state index contributed by atoms with van der Waals surface area (Å²) >= 11 is 6.69. The number of thiocarbonyl (C=S) groups is 1. The van der Waals surface area contributed by atoms with Crippen LogP contribution >= 0.6 is 24.0 Å². The first-order valence-corrected chi connectivity index (χ1v) is 8.33. The van der Waals surface area contributed by atoms with Crippen molar-refractivity contribution >= 4 is 46.0 Å². The van der Waals surface area contributed by atoms with Crippen molar-refractivity contribution < 1.29 is 4.79 Å². The zero-order chi connectivity index (χ0) is 15.7. The third-order valence-corrected chi connectivity index (χ3v) is 5.10. The molecule has 0 atom stereocenters. The lowest BCUT2D eigenvalue weighted by atomic mass is 10.1. The first-order valence-electron chi connectivity index (χ1n) is 7.11. The van der Waals surface area contributed by atoms with E-state index >= 15 is 0 Å². The van der Waals surface area contributed by atoms with E-state index in [1.54, 1.807) is 11.0 Å². The maximum Gasteiger partial charge on any atom is 0.268 e. The number of benzene rings is 1. The Kier molecular flexibility index (Phi) is 4.18. The molecule has 0 aromatic heterocycles. The average Bonchev–Trinajstić information content (AvgIpc) is 2.82. The van der Waals surface area contributed by atoms with Crippen molar-refractivity contribution in [3.05, 3.63) is 59.2 Å². The number of fused-ring (bicyclic) bond motifs is 1. The van der Waals surface area contributed by atoms with Crippen molar-refractivity contribution in [1.82, 2.24) is 4.90 Å². The molecule has 0 aliphatic carbocycles. The zero-order valence-electron chi connectivity index (χ0n) is 12.3. The number of carbonyl (C=O) groups is 1. The van der Waals surface area contributed by atoms with E-state index in [1.165, 1.54) is 11.8 Å². The number of anilines is 1. The van der Waals surface area contributed by atoms with Crippen molar-refractivity contribution in [3.8, 4) is 0 Å². The third kappa shape index (κ3) is 2.40. The first kappa shape index (κ1) is 15.1. The largest absolute Gasteiger partial charge is 0.340 e. The number of nitrogens with zero attached hydrogens (tertiary/aromatic N) is 2. The second-order valence-electron chi connectivity index (χ2n) is 4.92. The van der Waals surface area contributed by atoms with E-state index in [4.69, 9.17) is 12.2 Å². The molecule has 2 heterocycles. The Morgan fingerprint density at radius 1 is 1.27 bits per heavy atom. The number of likely N-dealkylation sites (N-methyl/N-ethyl adjacent to an activating group) is 1. The van der Waals surface area contributed by atoms with Gasteiger partial charge in [-0.05, 0) is 24.6 Å². The van der Waals surface area contributed by atoms with E-state index in [-0.39, 0.29) is 5.91 Å². The van der Waals surface area contributed by atoms with Gasteiger partial charge in [0.1, 0.15) is 9.23 Å². The highest BCUT2D eigenvalue weighted by molar-refractivity contribution is 8.26. The predicted molar refractivity (Wildman–Crippen MR) is 97.6 cm³/mol. The second kappa shape index (κ2) is 6.10. The normalized spacial score (nSPS) is 20.6. The molecule has 5 heteroatoms. The predicted octanol–water partition coefficient (Wildman–Crippen LogP) is 3.80. The van der Waals surface area contributed by atoms with E-state index in [2.05, 4.69) is 36.6 Å². The highest BCUT2D eigenvalue weighted by Gasteiger charge is 2.35. The molecule has 112 valence electrons. The minimum Gasteiger partial charge on any atom is -0.340 e. The fraction of sp³-hybridized carbons (Fsp3) is 0.176. The lowest BCUT2D eigenvalue weighted by Gasteiger charge is -2.30. The van der Waals surface area contributed by atoms with Gasteiger partial charge in [-0.1, -0.05) is 54.3 Å². The minimum atomic E-state index is -0.0348. The molecule has 2 aliphatic rings. The van der Waals surface area contributed by atoms with Gasteiger partial charge < -0.3 is 4.90 Å². The zero-order valence-corrected chi connectivity index (χ0v) is 13.9. The highest BCUT2D eigenvalue weighted by atomic mass is 32.2. The average molecular weight is 328 g/mol. The van der Waals surface area contributed by atoms with Crippen LogP contribution in [0.4, 0.5) is 5.69 Å². The van der Waals surface area contributed by atoms with E-state index in [9.17, 15) is 4.79 Å². The highest BCUT2D eigenvalue weighted by Crippen LogP contribution is 2.39. The molecule has 22 heavy (non-hydrogen) atoms. The summed E-state index contributed by atoms with van der Waals surface area (Å²) in [6.07, 6.45) is 5.75. The molecule has 0 unspecified atom stereocenters. The standard InChI is InChI=1S/C17H16N2OS2/c1-3-11-19-16(20)15(22-17(19)21)14-10-9-12-7-5-6-8-13(12)18(14)4-2/h3,5-10H,1,4,11H2,2H3/b15-14-. The Morgan fingerprint density at radius 2 is 2.05 bits per heavy atom. The minimum absolute atomic E-state index is 0.0348. The van der Waals surface area contributed by atoms with E-state index in [1.807, 2.05) is 18.2 Å². The quantitative estimate of drug-likeness (QED) is 0.478. The van der Waals surface area contributed by atoms with Crippen molar-refractivity contribution in [2.75, 3.05) is 18.0 Å². The van der Waals surface area contributed by atoms with Crippen LogP contribution in [-0.2, 0) is 4.79 Å². The van der Waals surface area contributed by atoms with E-state index in [0.29, 0.717) is 15.8 Å². The number of rotatable bonds is 3. The molecule has 0 saturated carbocycles. The molecule has 1 fully saturated rings. The molecule has 0 bridgehead atoms. The molecule has 1 amide bonds. The SMILES string of the molecule is C=CCN1C(=O)/C(=C2\C=Cc3ccccc3N2CC)SC1=S. The molecule has 1 saturated heterocycles. The molecular weight excluding hydrogens is 312 g/mol. The summed E-state index contributed by atoms with van der Waals surface area (Å²) in [5, 5.41) is 0. The number of carbonyl (C=O) groups excluding carboxylic acids is 1. The summed E-state index contributed by atoms with van der Waals surface area (Å²) in [4.78, 5) is 17.1. The number of thioether (sulfide) groups is 1. The molecule has 1 aromatic rings. The fourth-order valence-corrected chi connectivity index (χ4v) is 3.97. The smallest absolute Gasteiger partial charge is 0.268 e. The van der Waals surface area contributed by atoms with E-state index in [0.717, 1.165) is 23.5 Å². The van der Waals surface area contributed by atoms with Gasteiger partial charge in [0.05, 0.1) is 5.70 Å². The van der Waals surface area contributed by atoms with Gasteiger partial charge in [-0.2, -0.15) is 0 Å². The number of hydrogen-bond donors (Lipinski definition) is 0. The Bertz CT molecular complexity index is 721. The van der Waals surface area contributed by atoms with Crippen molar-refractivity contribution in [1.29, 1.82) is 0 Å². The molecule has 0 N–H and O–H groups in total. The molecular formula is C17H16N2OS2. The van der Waals surface area contributed by atoms with Gasteiger partial charge in [-0.15, -0.1) is 6.58 Å². The van der Waals surface area contributed by atoms with Gasteiger partial charge in [0.15, 0.2) is 0 Å². The maximum absolute atomic E-state index is 12.6. The first-order chi connectivity index (χ1) is 10.7. The lowest BCUT2D eigenvalue weighted by molar-refractivity contribution is -0.121. The Labute approximate surface area is 140 Å². The van der Waals surface area contributed by atoms with Crippen LogP contribution in [0, 0.1) is 0 Å². The third-order valence-electron chi connectivity index (χ3n) is 3.65. The fourth-order valence-electron chi connectivity index (χ4n) is 2.64. The van der Waals surface area contributed by atoms with Gasteiger partial charge in [0, 0.05) is 18.8 Å². The van der Waals surface area contributed by atoms with Crippen LogP contribution in [0.5, 0.6) is 0 Å². The Balaban J connectivity index is 2.07. The number of para-hydroxylation sites is 1. The summed E-state index contributed by atoms with van der Waals surface area (Å²) in [6, 6.07) is 8.19. The molecule has 3 rings (SSSR count). The molecule has 0 spiro atoms. The monoisotopic (exact) mass is 328 g/mol. The van der Waals surface area contributed by atoms with Gasteiger partial charge in [-0.3, -0.25) is 9.69 Å². The lowest BCUT2D eigenvalue weighted by Crippen LogP contribution is -2.30. The summed E-state index contributed by atoms with van der Waals surface area (Å²) in [6.45, 7) is 7.02. The van der Waals surface area contributed by atoms with Gasteiger partial charge in [0.2, 0.25) is 0 Å². The van der Waals surface area contributed by atoms with Crippen LogP contribution < -0.4 is 4.90 Å².